The summed E-state index contributed by atoms with van der Waals surface area (Å²) in [6.07, 6.45) is 1.84. The van der Waals surface area contributed by atoms with Gasteiger partial charge in [0.1, 0.15) is 0 Å². The van der Waals surface area contributed by atoms with E-state index in [1.807, 2.05) is 11.9 Å². The second kappa shape index (κ2) is 7.31. The summed E-state index contributed by atoms with van der Waals surface area (Å²) in [7, 11) is 1.83. The van der Waals surface area contributed by atoms with Crippen LogP contribution in [0.5, 0.6) is 0 Å². The molecule has 100 valence electrons. The van der Waals surface area contributed by atoms with Gasteiger partial charge in [-0.05, 0) is 32.5 Å². The van der Waals surface area contributed by atoms with Crippen LogP contribution in [0.3, 0.4) is 0 Å². The Morgan fingerprint density at radius 3 is 3.00 bits per heavy atom. The van der Waals surface area contributed by atoms with Gasteiger partial charge >= 0.3 is 0 Å². The van der Waals surface area contributed by atoms with Crippen molar-refractivity contribution in [3.8, 4) is 0 Å². The highest BCUT2D eigenvalue weighted by atomic mass is 35.5. The lowest BCUT2D eigenvalue weighted by Gasteiger charge is -2.17. The zero-order valence-corrected chi connectivity index (χ0v) is 11.3. The van der Waals surface area contributed by atoms with Gasteiger partial charge in [-0.2, -0.15) is 0 Å². The Labute approximate surface area is 112 Å². The predicted octanol–water partition coefficient (Wildman–Crippen LogP) is 1.38. The summed E-state index contributed by atoms with van der Waals surface area (Å²) in [4.78, 5) is 17.4. The number of aliphatic hydroxyl groups is 1. The lowest BCUT2D eigenvalue weighted by molar-refractivity contribution is -0.117. The minimum Gasteiger partial charge on any atom is -0.393 e. The maximum absolute atomic E-state index is 11.7. The Morgan fingerprint density at radius 1 is 1.67 bits per heavy atom. The standard InChI is InChI=1S/C12H18ClN3O2/c1-9(17)5-7-16(2)8-11(18)15-10-4-3-6-14-12(10)13/h3-4,6,9,17H,5,7-8H2,1-2H3,(H,15,18). The quantitative estimate of drug-likeness (QED) is 0.767. The van der Waals surface area contributed by atoms with E-state index < -0.39 is 0 Å². The van der Waals surface area contributed by atoms with Crippen molar-refractivity contribution >= 4 is 23.2 Å². The van der Waals surface area contributed by atoms with E-state index in [0.29, 0.717) is 18.7 Å². The molecule has 1 amide bonds. The van der Waals surface area contributed by atoms with E-state index in [0.717, 1.165) is 0 Å². The summed E-state index contributed by atoms with van der Waals surface area (Å²) < 4.78 is 0. The van der Waals surface area contributed by atoms with E-state index in [4.69, 9.17) is 16.7 Å². The first kappa shape index (κ1) is 14.9. The molecule has 5 nitrogen and oxygen atoms in total. The molecule has 1 unspecified atom stereocenters. The fraction of sp³-hybridized carbons (Fsp3) is 0.500. The van der Waals surface area contributed by atoms with E-state index in [1.54, 1.807) is 25.3 Å². The van der Waals surface area contributed by atoms with Gasteiger partial charge in [-0.3, -0.25) is 9.69 Å². The first-order valence-corrected chi connectivity index (χ1v) is 6.14. The van der Waals surface area contributed by atoms with Crippen LogP contribution >= 0.6 is 11.6 Å². The molecule has 6 heteroatoms. The van der Waals surface area contributed by atoms with Gasteiger partial charge in [-0.25, -0.2) is 4.98 Å². The second-order valence-electron chi connectivity index (χ2n) is 4.27. The zero-order valence-electron chi connectivity index (χ0n) is 10.6. The molecule has 0 saturated heterocycles. The minimum atomic E-state index is -0.358. The first-order chi connectivity index (χ1) is 8.49. The summed E-state index contributed by atoms with van der Waals surface area (Å²) in [5, 5.41) is 12.1. The average Bonchev–Trinajstić information content (AvgIpc) is 2.29. The van der Waals surface area contributed by atoms with Crippen LogP contribution < -0.4 is 5.32 Å². The number of rotatable bonds is 6. The molecule has 1 aromatic rings. The smallest absolute Gasteiger partial charge is 0.238 e. The maximum Gasteiger partial charge on any atom is 0.238 e. The van der Waals surface area contributed by atoms with Crippen LogP contribution in [-0.2, 0) is 4.79 Å². The van der Waals surface area contributed by atoms with Crippen LogP contribution in [0.4, 0.5) is 5.69 Å². The number of hydrogen-bond acceptors (Lipinski definition) is 4. The molecular weight excluding hydrogens is 254 g/mol. The fourth-order valence-corrected chi connectivity index (χ4v) is 1.57. The average molecular weight is 272 g/mol. The van der Waals surface area contributed by atoms with Crippen molar-refractivity contribution < 1.29 is 9.90 Å². The number of anilines is 1. The largest absolute Gasteiger partial charge is 0.393 e. The van der Waals surface area contributed by atoms with Crippen LogP contribution in [0.15, 0.2) is 18.3 Å². The molecule has 0 aliphatic heterocycles. The van der Waals surface area contributed by atoms with Gasteiger partial charge in [0.05, 0.1) is 18.3 Å². The van der Waals surface area contributed by atoms with Gasteiger partial charge in [0, 0.05) is 12.7 Å². The van der Waals surface area contributed by atoms with Crippen molar-refractivity contribution in [3.05, 3.63) is 23.5 Å². The maximum atomic E-state index is 11.7. The number of likely N-dealkylation sites (N-methyl/N-ethyl adjacent to an activating group) is 1. The number of aromatic nitrogens is 1. The summed E-state index contributed by atoms with van der Waals surface area (Å²) in [5.41, 5.74) is 0.507. The highest BCUT2D eigenvalue weighted by Gasteiger charge is 2.09. The second-order valence-corrected chi connectivity index (χ2v) is 4.62. The Kier molecular flexibility index (Phi) is 6.04. The van der Waals surface area contributed by atoms with Crippen molar-refractivity contribution in [2.24, 2.45) is 0 Å². The summed E-state index contributed by atoms with van der Waals surface area (Å²) >= 11 is 5.84. The summed E-state index contributed by atoms with van der Waals surface area (Å²) in [6, 6.07) is 3.40. The van der Waals surface area contributed by atoms with Crippen LogP contribution in [-0.4, -0.2) is 47.1 Å². The monoisotopic (exact) mass is 271 g/mol. The van der Waals surface area contributed by atoms with Crippen LogP contribution in [0, 0.1) is 0 Å². The third kappa shape index (κ3) is 5.44. The van der Waals surface area contributed by atoms with Gasteiger partial charge in [0.2, 0.25) is 5.91 Å². The fourth-order valence-electron chi connectivity index (χ4n) is 1.40. The zero-order chi connectivity index (χ0) is 13.5. The third-order valence-electron chi connectivity index (χ3n) is 2.38. The lowest BCUT2D eigenvalue weighted by atomic mass is 10.3. The number of carbonyl (C=O) groups is 1. The van der Waals surface area contributed by atoms with E-state index in [1.165, 1.54) is 0 Å². The van der Waals surface area contributed by atoms with E-state index in [2.05, 4.69) is 10.3 Å². The highest BCUT2D eigenvalue weighted by Crippen LogP contribution is 2.17. The molecule has 0 aliphatic carbocycles. The Balaban J connectivity index is 2.40. The molecule has 1 aromatic heterocycles. The number of nitrogens with one attached hydrogen (secondary N) is 1. The van der Waals surface area contributed by atoms with E-state index in [-0.39, 0.29) is 23.7 Å². The molecule has 0 aromatic carbocycles. The number of nitrogens with zero attached hydrogens (tertiary/aromatic N) is 2. The van der Waals surface area contributed by atoms with Gasteiger partial charge in [0.15, 0.2) is 5.15 Å². The van der Waals surface area contributed by atoms with Crippen LogP contribution in [0.1, 0.15) is 13.3 Å². The molecule has 0 aliphatic rings. The van der Waals surface area contributed by atoms with Gasteiger partial charge in [0.25, 0.3) is 0 Å². The first-order valence-electron chi connectivity index (χ1n) is 5.76. The van der Waals surface area contributed by atoms with Crippen molar-refractivity contribution in [1.29, 1.82) is 0 Å². The highest BCUT2D eigenvalue weighted by molar-refractivity contribution is 6.32. The molecule has 1 rings (SSSR count). The lowest BCUT2D eigenvalue weighted by Crippen LogP contribution is -2.32. The van der Waals surface area contributed by atoms with E-state index >= 15 is 0 Å². The van der Waals surface area contributed by atoms with Gasteiger partial charge in [-0.15, -0.1) is 0 Å². The van der Waals surface area contributed by atoms with Crippen molar-refractivity contribution in [2.45, 2.75) is 19.4 Å². The minimum absolute atomic E-state index is 0.155. The topological polar surface area (TPSA) is 65.5 Å². The third-order valence-corrected chi connectivity index (χ3v) is 2.68. The normalized spacial score (nSPS) is 12.5. The number of aliphatic hydroxyl groups excluding tert-OH is 1. The number of pyridine rings is 1. The predicted molar refractivity (Wildman–Crippen MR) is 71.7 cm³/mol. The Morgan fingerprint density at radius 2 is 2.39 bits per heavy atom. The number of amides is 1. The number of hydrogen-bond donors (Lipinski definition) is 2. The SMILES string of the molecule is CC(O)CCN(C)CC(=O)Nc1cccnc1Cl. The Bertz CT molecular complexity index is 399. The van der Waals surface area contributed by atoms with Crippen molar-refractivity contribution in [1.82, 2.24) is 9.88 Å². The molecule has 18 heavy (non-hydrogen) atoms. The molecule has 2 N–H and O–H groups in total. The van der Waals surface area contributed by atoms with Crippen LogP contribution in [0.25, 0.3) is 0 Å². The van der Waals surface area contributed by atoms with E-state index in [9.17, 15) is 4.79 Å². The molecule has 0 saturated carbocycles. The summed E-state index contributed by atoms with van der Waals surface area (Å²) in [6.45, 7) is 2.63. The molecular formula is C12H18ClN3O2. The summed E-state index contributed by atoms with van der Waals surface area (Å²) in [5.74, 6) is -0.155. The molecule has 1 heterocycles. The van der Waals surface area contributed by atoms with Crippen molar-refractivity contribution in [2.75, 3.05) is 25.5 Å². The molecule has 0 fully saturated rings. The Hall–Kier alpha value is -1.17. The molecule has 0 bridgehead atoms. The number of carbonyl (C=O) groups excluding carboxylic acids is 1. The molecule has 0 radical (unpaired) electrons. The number of halogens is 1. The van der Waals surface area contributed by atoms with Crippen molar-refractivity contribution in [3.63, 3.8) is 0 Å². The van der Waals surface area contributed by atoms with Gasteiger partial charge in [-0.1, -0.05) is 11.6 Å². The van der Waals surface area contributed by atoms with Crippen LogP contribution in [0.2, 0.25) is 5.15 Å². The molecule has 0 spiro atoms. The van der Waals surface area contributed by atoms with Gasteiger partial charge < -0.3 is 10.4 Å². The molecule has 1 atom stereocenters.